The number of hydrogen-bond donors (Lipinski definition) is 3. The number of nitrogens with zero attached hydrogens (tertiary/aromatic N) is 2. The molecule has 25 heavy (non-hydrogen) atoms. The van der Waals surface area contributed by atoms with E-state index in [0.29, 0.717) is 0 Å². The number of nitrogens with one attached hydrogen (secondary N) is 1. The van der Waals surface area contributed by atoms with Crippen molar-refractivity contribution in [1.82, 2.24) is 5.32 Å². The second kappa shape index (κ2) is 12.6. The first-order valence-corrected chi connectivity index (χ1v) is 7.78. The Labute approximate surface area is 164 Å². The highest BCUT2D eigenvalue weighted by atomic mass is 127. The summed E-state index contributed by atoms with van der Waals surface area (Å²) in [5, 5.41) is 25.9. The highest BCUT2D eigenvalue weighted by molar-refractivity contribution is 14.0. The molecule has 1 aliphatic heterocycles. The minimum atomic E-state index is -1.50. The molecule has 0 bridgehead atoms. The lowest BCUT2D eigenvalue weighted by Gasteiger charge is -2.29. The molecule has 1 heterocycles. The van der Waals surface area contributed by atoms with Gasteiger partial charge in [-0.15, -0.1) is 34.1 Å². The van der Waals surface area contributed by atoms with Crippen molar-refractivity contribution in [2.45, 2.75) is 19.3 Å². The first-order valence-electron chi connectivity index (χ1n) is 7.78. The van der Waals surface area contributed by atoms with E-state index in [1.165, 1.54) is 11.3 Å². The van der Waals surface area contributed by atoms with Crippen LogP contribution in [0.5, 0.6) is 5.75 Å². The van der Waals surface area contributed by atoms with Crippen LogP contribution in [0.25, 0.3) is 5.70 Å². The van der Waals surface area contributed by atoms with Gasteiger partial charge in [0.15, 0.2) is 0 Å². The van der Waals surface area contributed by atoms with Crippen LogP contribution >= 0.6 is 24.0 Å². The summed E-state index contributed by atoms with van der Waals surface area (Å²) in [6.45, 7) is 2.10. The molecule has 1 aromatic carbocycles. The summed E-state index contributed by atoms with van der Waals surface area (Å²) in [6.07, 6.45) is 5.23. The molecule has 0 saturated carbocycles. The van der Waals surface area contributed by atoms with E-state index < -0.39 is 5.09 Å². The van der Waals surface area contributed by atoms with Gasteiger partial charge in [0.2, 0.25) is 0 Å². The fourth-order valence-electron chi connectivity index (χ4n) is 2.53. The van der Waals surface area contributed by atoms with Gasteiger partial charge < -0.3 is 25.3 Å². The molecule has 0 radical (unpaired) electrons. The van der Waals surface area contributed by atoms with Gasteiger partial charge in [-0.05, 0) is 31.4 Å². The van der Waals surface area contributed by atoms with Gasteiger partial charge in [0.1, 0.15) is 5.75 Å². The molecule has 142 valence electrons. The quantitative estimate of drug-likeness (QED) is 0.245. The van der Waals surface area contributed by atoms with Crippen molar-refractivity contribution in [3.8, 4) is 5.75 Å². The van der Waals surface area contributed by atoms with Gasteiger partial charge in [0.25, 0.3) is 5.09 Å². The number of methoxy groups -OCH3 is 1. The molecule has 0 saturated heterocycles. The van der Waals surface area contributed by atoms with Crippen LogP contribution in [0.15, 0.2) is 24.3 Å². The molecule has 0 aliphatic carbocycles. The third kappa shape index (κ3) is 7.78. The van der Waals surface area contributed by atoms with Crippen LogP contribution < -0.4 is 15.0 Å². The summed E-state index contributed by atoms with van der Waals surface area (Å²) < 4.78 is 5.46. The Kier molecular flexibility index (Phi) is 11.7. The molecule has 0 amide bonds. The molecule has 8 nitrogen and oxygen atoms in total. The van der Waals surface area contributed by atoms with Crippen LogP contribution in [0.4, 0.5) is 5.69 Å². The van der Waals surface area contributed by atoms with E-state index in [-0.39, 0.29) is 30.6 Å². The number of anilines is 1. The predicted molar refractivity (Wildman–Crippen MR) is 107 cm³/mol. The zero-order chi connectivity index (χ0) is 17.9. The number of rotatable bonds is 7. The van der Waals surface area contributed by atoms with Crippen molar-refractivity contribution >= 4 is 35.4 Å². The van der Waals surface area contributed by atoms with Crippen LogP contribution in [-0.4, -0.2) is 49.3 Å². The Morgan fingerprint density at radius 3 is 2.64 bits per heavy atom. The van der Waals surface area contributed by atoms with E-state index in [2.05, 4.69) is 29.4 Å². The van der Waals surface area contributed by atoms with Gasteiger partial charge >= 0.3 is 0 Å². The fraction of sp³-hybridized carbons (Fsp3) is 0.500. The van der Waals surface area contributed by atoms with E-state index in [9.17, 15) is 0 Å². The lowest BCUT2D eigenvalue weighted by molar-refractivity contribution is -0.742. The van der Waals surface area contributed by atoms with Crippen LogP contribution in [0.2, 0.25) is 0 Å². The van der Waals surface area contributed by atoms with Gasteiger partial charge in [-0.3, -0.25) is 0 Å². The number of benzene rings is 1. The maximum Gasteiger partial charge on any atom is 0.291 e. The van der Waals surface area contributed by atoms with E-state index in [1.54, 1.807) is 7.11 Å². The second-order valence-corrected chi connectivity index (χ2v) is 5.30. The third-order valence-corrected chi connectivity index (χ3v) is 3.61. The molecule has 3 N–H and O–H groups in total. The number of fused-ring (bicyclic) bond motifs is 1. The molecule has 1 aromatic rings. The van der Waals surface area contributed by atoms with Crippen molar-refractivity contribution < 1.29 is 20.1 Å². The van der Waals surface area contributed by atoms with E-state index in [1.807, 2.05) is 12.1 Å². The summed E-state index contributed by atoms with van der Waals surface area (Å²) in [5.74, 6) is 0.915. The summed E-state index contributed by atoms with van der Waals surface area (Å²) in [7, 11) is 3.79. The van der Waals surface area contributed by atoms with Crippen molar-refractivity contribution in [2.24, 2.45) is 0 Å². The summed E-state index contributed by atoms with van der Waals surface area (Å²) >= 11 is 0. The molecule has 9 heteroatoms. The lowest BCUT2D eigenvalue weighted by atomic mass is 10.0. The van der Waals surface area contributed by atoms with Crippen molar-refractivity contribution in [2.75, 3.05) is 38.8 Å². The van der Waals surface area contributed by atoms with E-state index in [0.717, 1.165) is 43.8 Å². The third-order valence-electron chi connectivity index (χ3n) is 3.61. The molecule has 0 spiro atoms. The Morgan fingerprint density at radius 1 is 1.36 bits per heavy atom. The lowest BCUT2D eigenvalue weighted by Crippen LogP contribution is -2.27. The van der Waals surface area contributed by atoms with Gasteiger partial charge in [-0.1, -0.05) is 12.1 Å². The van der Waals surface area contributed by atoms with Crippen LogP contribution in [0.1, 0.15) is 24.8 Å². The topological polar surface area (TPSA) is 108 Å². The molecule has 0 atom stereocenters. The number of para-hydroxylation sites is 1. The van der Waals surface area contributed by atoms with Gasteiger partial charge in [-0.25, -0.2) is 0 Å². The molecule has 2 rings (SSSR count). The number of unbranched alkanes of at least 4 members (excludes halogenated alkanes) is 2. The smallest absolute Gasteiger partial charge is 0.291 e. The van der Waals surface area contributed by atoms with Crippen LogP contribution in [0, 0.1) is 10.1 Å². The maximum atomic E-state index is 8.78. The number of ether oxygens (including phenoxy) is 1. The molecule has 0 aromatic heterocycles. The molecule has 1 aliphatic rings. The highest BCUT2D eigenvalue weighted by Gasteiger charge is 2.19. The summed E-state index contributed by atoms with van der Waals surface area (Å²) in [6, 6.07) is 6.15. The Hall–Kier alpha value is -1.75. The van der Waals surface area contributed by atoms with Gasteiger partial charge in [0.05, 0.1) is 12.8 Å². The standard InChI is InChI=1S/C16H24N2O2.HI.HNO3/c1-18-11-9-14(17-10-4-3-5-12-19)13-7-6-8-15(20-2)16(13)18;;2-1(3)4/h6-9,17,19H,3-5,10-12H2,1-2H3;1H;(H,2,3,4). The predicted octanol–water partition coefficient (Wildman–Crippen LogP) is 2.51. The van der Waals surface area contributed by atoms with Crippen molar-refractivity contribution in [3.05, 3.63) is 40.0 Å². The minimum Gasteiger partial charge on any atom is -0.495 e. The maximum absolute atomic E-state index is 8.78. The normalized spacial score (nSPS) is 12.0. The zero-order valence-corrected chi connectivity index (χ0v) is 16.8. The number of halogens is 1. The highest BCUT2D eigenvalue weighted by Crippen LogP contribution is 2.37. The Bertz CT molecular complexity index is 565. The van der Waals surface area contributed by atoms with Crippen LogP contribution in [-0.2, 0) is 0 Å². The van der Waals surface area contributed by atoms with E-state index in [4.69, 9.17) is 25.2 Å². The minimum absolute atomic E-state index is 0. The second-order valence-electron chi connectivity index (χ2n) is 5.30. The Balaban J connectivity index is 0.00000104. The number of aliphatic hydroxyl groups excluding tert-OH is 1. The molecular formula is C16H26IN3O5. The average Bonchev–Trinajstić information content (AvgIpc) is 2.55. The SMILES string of the molecule is COc1cccc2c1N(C)CC=C2NCCCCCO.I.O=[N+]([O-])O. The largest absolute Gasteiger partial charge is 0.495 e. The Morgan fingerprint density at radius 2 is 2.04 bits per heavy atom. The first kappa shape index (κ1) is 23.2. The monoisotopic (exact) mass is 467 g/mol. The molecular weight excluding hydrogens is 441 g/mol. The van der Waals surface area contributed by atoms with Crippen molar-refractivity contribution in [3.63, 3.8) is 0 Å². The number of aliphatic hydroxyl groups is 1. The van der Waals surface area contributed by atoms with Crippen LogP contribution in [0.3, 0.4) is 0 Å². The number of likely N-dealkylation sites (N-methyl/N-ethyl adjacent to an activating group) is 1. The molecule has 0 fully saturated rings. The molecule has 0 unspecified atom stereocenters. The summed E-state index contributed by atoms with van der Waals surface area (Å²) in [4.78, 5) is 10.6. The average molecular weight is 467 g/mol. The fourth-order valence-corrected chi connectivity index (χ4v) is 2.53. The van der Waals surface area contributed by atoms with Gasteiger partial charge in [-0.2, -0.15) is 0 Å². The first-order chi connectivity index (χ1) is 11.5. The zero-order valence-electron chi connectivity index (χ0n) is 14.5. The van der Waals surface area contributed by atoms with Gasteiger partial charge in [0, 0.05) is 38.0 Å². The van der Waals surface area contributed by atoms with Crippen molar-refractivity contribution in [1.29, 1.82) is 0 Å². The number of hydrogen-bond acceptors (Lipinski definition) is 6. The summed E-state index contributed by atoms with van der Waals surface area (Å²) in [5.41, 5.74) is 3.52. The van der Waals surface area contributed by atoms with E-state index >= 15 is 0 Å².